The lowest BCUT2D eigenvalue weighted by atomic mass is 10.1. The van der Waals surface area contributed by atoms with E-state index in [-0.39, 0.29) is 66.0 Å². The fourth-order valence-electron chi connectivity index (χ4n) is 5.43. The largest absolute Gasteiger partial charge is 0.481 e. The smallest absolute Gasteiger partial charge is 0.326 e. The van der Waals surface area contributed by atoms with Crippen molar-refractivity contribution in [1.29, 1.82) is 0 Å². The van der Waals surface area contributed by atoms with Gasteiger partial charge >= 0.3 is 11.9 Å². The molecule has 0 aliphatic rings. The summed E-state index contributed by atoms with van der Waals surface area (Å²) in [6.07, 6.45) is 2.08. The predicted molar refractivity (Wildman–Crippen MR) is 189 cm³/mol. The Hall–Kier alpha value is -3.65. The van der Waals surface area contributed by atoms with Gasteiger partial charge in [0.2, 0.25) is 17.7 Å². The Morgan fingerprint density at radius 3 is 1.69 bits per heavy atom. The molecule has 4 amide bonds. The van der Waals surface area contributed by atoms with Crippen LogP contribution in [0.5, 0.6) is 0 Å². The first-order valence-corrected chi connectivity index (χ1v) is 17.8. The standard InChI is InChI=1S/C34H57N5O8S/c1-33(2,3)48(34(4,5)6)24-16-14-23(15-17-24)30(44)38-22-26(35-7)31(45)39-25(32(46)47)12-8-10-20-36-27(40)18-19-28(41)37-21-11-9-13-29(42)43/h14-17,25-26,35,48H,8-13,18-22H2,1-7H3,(H,36,40)(H,37,41)(H,38,44)(H,39,45)(H,42,43)(H,46,47)/t25-,26-/m1/s1. The third-order valence-corrected chi connectivity index (χ3v) is 10.9. The Morgan fingerprint density at radius 1 is 0.708 bits per heavy atom. The molecule has 0 aromatic heterocycles. The van der Waals surface area contributed by atoms with Crippen molar-refractivity contribution in [2.24, 2.45) is 0 Å². The number of nitrogens with one attached hydrogen (secondary N) is 5. The van der Waals surface area contributed by atoms with Crippen molar-refractivity contribution in [3.8, 4) is 0 Å². The Morgan fingerprint density at radius 2 is 1.23 bits per heavy atom. The Labute approximate surface area is 287 Å². The zero-order valence-corrected chi connectivity index (χ0v) is 30.4. The molecule has 0 spiro atoms. The van der Waals surface area contributed by atoms with Gasteiger partial charge in [0.1, 0.15) is 12.1 Å². The molecule has 0 heterocycles. The van der Waals surface area contributed by atoms with E-state index in [9.17, 15) is 33.9 Å². The van der Waals surface area contributed by atoms with Crippen LogP contribution in [0.25, 0.3) is 0 Å². The van der Waals surface area contributed by atoms with Crippen LogP contribution in [0.2, 0.25) is 0 Å². The fraction of sp³-hybridized carbons (Fsp3) is 0.647. The SMILES string of the molecule is CN[C@H](CNC(=O)c1ccc([SH](C(C)(C)C)C(C)(C)C)cc1)C(=O)N[C@H](CCCCNC(=O)CCC(=O)NCCCCC(=O)O)C(=O)O. The third kappa shape index (κ3) is 16.4. The predicted octanol–water partition coefficient (Wildman–Crippen LogP) is 2.97. The van der Waals surface area contributed by atoms with Crippen molar-refractivity contribution in [3.05, 3.63) is 29.8 Å². The van der Waals surface area contributed by atoms with Crippen molar-refractivity contribution < 1.29 is 39.0 Å². The quantitative estimate of drug-likeness (QED) is 0.0703. The maximum atomic E-state index is 12.9. The maximum Gasteiger partial charge on any atom is 0.326 e. The van der Waals surface area contributed by atoms with E-state index < -0.39 is 40.8 Å². The Kier molecular flexibility index (Phi) is 18.2. The van der Waals surface area contributed by atoms with Crippen molar-refractivity contribution in [1.82, 2.24) is 26.6 Å². The van der Waals surface area contributed by atoms with Gasteiger partial charge in [-0.05, 0) is 77.8 Å². The molecule has 0 fully saturated rings. The molecule has 13 nitrogen and oxygen atoms in total. The number of carbonyl (C=O) groups excluding carboxylic acids is 4. The number of likely N-dealkylation sites (N-methyl/N-ethyl adjacent to an activating group) is 1. The second-order valence-electron chi connectivity index (χ2n) is 13.7. The number of hydrogen-bond acceptors (Lipinski definition) is 7. The average Bonchev–Trinajstić information content (AvgIpc) is 2.97. The topological polar surface area (TPSA) is 203 Å². The number of hydrogen-bond donors (Lipinski definition) is 8. The minimum absolute atomic E-state index is 0.00237. The van der Waals surface area contributed by atoms with E-state index in [1.165, 1.54) is 4.90 Å². The molecule has 1 rings (SSSR count). The summed E-state index contributed by atoms with van der Waals surface area (Å²) in [6.45, 7) is 14.0. The highest BCUT2D eigenvalue weighted by Crippen LogP contribution is 2.56. The second-order valence-corrected chi connectivity index (χ2v) is 17.6. The zero-order valence-electron chi connectivity index (χ0n) is 29.5. The minimum Gasteiger partial charge on any atom is -0.481 e. The molecule has 48 heavy (non-hydrogen) atoms. The van der Waals surface area contributed by atoms with E-state index >= 15 is 0 Å². The summed E-state index contributed by atoms with van der Waals surface area (Å²) >= 11 is 0. The molecule has 1 aromatic carbocycles. The molecule has 2 atom stereocenters. The highest BCUT2D eigenvalue weighted by Gasteiger charge is 2.32. The third-order valence-electron chi connectivity index (χ3n) is 7.44. The molecular formula is C34H57N5O8S. The molecule has 0 saturated carbocycles. The van der Waals surface area contributed by atoms with Gasteiger partial charge in [-0.2, -0.15) is 0 Å². The van der Waals surface area contributed by atoms with Crippen LogP contribution in [0.3, 0.4) is 0 Å². The van der Waals surface area contributed by atoms with Crippen LogP contribution in [0.15, 0.2) is 29.2 Å². The van der Waals surface area contributed by atoms with Crippen molar-refractivity contribution in [2.45, 2.75) is 119 Å². The Bertz CT molecular complexity index is 1210. The molecule has 0 aliphatic carbocycles. The number of carbonyl (C=O) groups is 6. The van der Waals surface area contributed by atoms with Crippen molar-refractivity contribution >= 4 is 46.5 Å². The molecule has 7 N–H and O–H groups in total. The molecule has 0 aliphatic heterocycles. The summed E-state index contributed by atoms with van der Waals surface area (Å²) < 4.78 is 0.174. The van der Waals surface area contributed by atoms with Crippen LogP contribution in [-0.2, 0) is 24.0 Å². The molecular weight excluding hydrogens is 638 g/mol. The van der Waals surface area contributed by atoms with E-state index in [2.05, 4.69) is 68.1 Å². The zero-order chi connectivity index (χ0) is 36.5. The summed E-state index contributed by atoms with van der Waals surface area (Å²) in [5.41, 5.74) is 0.468. The number of benzene rings is 1. The van der Waals surface area contributed by atoms with E-state index in [1.54, 1.807) is 19.2 Å². The molecule has 0 bridgehead atoms. The number of thiol groups is 1. The van der Waals surface area contributed by atoms with Crippen LogP contribution < -0.4 is 26.6 Å². The minimum atomic E-state index is -1.19. The number of amides is 4. The van der Waals surface area contributed by atoms with Crippen LogP contribution in [0, 0.1) is 0 Å². The number of unbranched alkanes of at least 4 members (excludes halogenated alkanes) is 2. The summed E-state index contributed by atoms with van der Waals surface area (Å²) in [5.74, 6) is -3.57. The molecule has 0 radical (unpaired) electrons. The van der Waals surface area contributed by atoms with Gasteiger partial charge in [0.15, 0.2) is 0 Å². The van der Waals surface area contributed by atoms with E-state index in [4.69, 9.17) is 5.11 Å². The lowest BCUT2D eigenvalue weighted by Crippen LogP contribution is -2.53. The normalized spacial score (nSPS) is 13.1. The van der Waals surface area contributed by atoms with E-state index in [1.807, 2.05) is 12.1 Å². The van der Waals surface area contributed by atoms with Gasteiger partial charge in [0, 0.05) is 44.5 Å². The van der Waals surface area contributed by atoms with Gasteiger partial charge in [-0.15, -0.1) is 0 Å². The fourth-order valence-corrected chi connectivity index (χ4v) is 9.44. The molecule has 0 saturated heterocycles. The van der Waals surface area contributed by atoms with Crippen molar-refractivity contribution in [3.63, 3.8) is 0 Å². The van der Waals surface area contributed by atoms with Gasteiger partial charge in [-0.1, -0.05) is 41.5 Å². The van der Waals surface area contributed by atoms with E-state index in [0.717, 1.165) is 0 Å². The van der Waals surface area contributed by atoms with Gasteiger partial charge in [-0.25, -0.2) is 15.7 Å². The molecule has 0 unspecified atom stereocenters. The lowest BCUT2D eigenvalue weighted by Gasteiger charge is -2.45. The highest BCUT2D eigenvalue weighted by atomic mass is 32.2. The lowest BCUT2D eigenvalue weighted by molar-refractivity contribution is -0.142. The summed E-state index contributed by atoms with van der Waals surface area (Å²) in [6, 6.07) is 5.58. The summed E-state index contributed by atoms with van der Waals surface area (Å²) in [5, 5.41) is 31.7. The number of aliphatic carboxylic acids is 2. The van der Waals surface area contributed by atoms with Crippen LogP contribution in [0.4, 0.5) is 0 Å². The van der Waals surface area contributed by atoms with E-state index in [0.29, 0.717) is 37.8 Å². The van der Waals surface area contributed by atoms with Gasteiger partial charge < -0.3 is 36.8 Å². The number of carboxylic acids is 2. The average molecular weight is 696 g/mol. The number of carboxylic acid groups (broad SMARTS) is 2. The van der Waals surface area contributed by atoms with Gasteiger partial charge in [0.05, 0.1) is 0 Å². The van der Waals surface area contributed by atoms with Crippen molar-refractivity contribution in [2.75, 3.05) is 26.7 Å². The Balaban J connectivity index is 2.48. The summed E-state index contributed by atoms with van der Waals surface area (Å²) in [4.78, 5) is 73.1. The summed E-state index contributed by atoms with van der Waals surface area (Å²) in [7, 11) is 1.03. The van der Waals surface area contributed by atoms with Gasteiger partial charge in [0.25, 0.3) is 5.91 Å². The monoisotopic (exact) mass is 695 g/mol. The second kappa shape index (κ2) is 20.7. The van der Waals surface area contributed by atoms with Crippen LogP contribution in [-0.4, -0.2) is 94.0 Å². The molecule has 272 valence electrons. The van der Waals surface area contributed by atoms with Crippen LogP contribution in [0.1, 0.15) is 103 Å². The first kappa shape index (κ1) is 42.4. The van der Waals surface area contributed by atoms with Crippen LogP contribution >= 0.6 is 10.9 Å². The first-order chi connectivity index (χ1) is 22.4. The maximum absolute atomic E-state index is 12.9. The molecule has 14 heteroatoms. The van der Waals surface area contributed by atoms with Gasteiger partial charge in [-0.3, -0.25) is 24.0 Å². The number of rotatable bonds is 21. The first-order valence-electron chi connectivity index (χ1n) is 16.5. The highest BCUT2D eigenvalue weighted by molar-refractivity contribution is 8.19. The molecule has 1 aromatic rings.